The van der Waals surface area contributed by atoms with E-state index in [1.807, 2.05) is 18.5 Å². The molecule has 0 saturated heterocycles. The summed E-state index contributed by atoms with van der Waals surface area (Å²) in [5, 5.41) is 8.02. The van der Waals surface area contributed by atoms with Gasteiger partial charge in [0, 0.05) is 55.8 Å². The predicted molar refractivity (Wildman–Crippen MR) is 243 cm³/mol. The van der Waals surface area contributed by atoms with Gasteiger partial charge in [-0.15, -0.1) is 0 Å². The number of benzene rings is 7. The third-order valence-electron chi connectivity index (χ3n) is 12.0. The molecule has 0 aliphatic rings. The highest BCUT2D eigenvalue weighted by Gasteiger charge is 2.22. The highest BCUT2D eigenvalue weighted by atomic mass is 16.5. The molecule has 0 bridgehead atoms. The predicted octanol–water partition coefficient (Wildman–Crippen LogP) is 13.6. The molecule has 7 aromatic carbocycles. The number of imidazole rings is 1. The molecule has 0 amide bonds. The quantitative estimate of drug-likeness (QED) is 0.164. The fraction of sp³-hybridized carbons (Fsp3) is 0.0566. The van der Waals surface area contributed by atoms with E-state index in [0.29, 0.717) is 0 Å². The number of hydrogen-bond acceptors (Lipinski definition) is 3. The second kappa shape index (κ2) is 12.7. The average Bonchev–Trinajstić information content (AvgIpc) is 3.95. The molecule has 0 radical (unpaired) electrons. The molecule has 0 N–H and O–H groups in total. The van der Waals surface area contributed by atoms with Gasteiger partial charge in [0.05, 0.1) is 39.5 Å². The molecule has 0 aliphatic carbocycles. The first kappa shape index (κ1) is 33.4. The number of fused-ring (bicyclic) bond motifs is 13. The highest BCUT2D eigenvalue weighted by molar-refractivity contribution is 6.26. The summed E-state index contributed by atoms with van der Waals surface area (Å²) < 4.78 is 13.8. The molecule has 59 heavy (non-hydrogen) atoms. The Balaban J connectivity index is 1.06. The van der Waals surface area contributed by atoms with Crippen molar-refractivity contribution in [1.82, 2.24) is 23.5 Å². The molecular formula is C53H37N5O. The molecule has 0 atom stereocenters. The maximum atomic E-state index is 6.83. The lowest BCUT2D eigenvalue weighted by Crippen LogP contribution is -1.98. The van der Waals surface area contributed by atoms with Crippen molar-refractivity contribution < 1.29 is 4.74 Å². The Morgan fingerprint density at radius 3 is 1.95 bits per heavy atom. The molecule has 280 valence electrons. The van der Waals surface area contributed by atoms with Crippen molar-refractivity contribution in [2.24, 2.45) is 0 Å². The molecule has 12 aromatic rings. The summed E-state index contributed by atoms with van der Waals surface area (Å²) in [7, 11) is 0. The van der Waals surface area contributed by atoms with E-state index < -0.39 is 0 Å². The van der Waals surface area contributed by atoms with E-state index in [0.717, 1.165) is 83.5 Å². The minimum absolute atomic E-state index is 0.742. The van der Waals surface area contributed by atoms with Crippen molar-refractivity contribution in [3.05, 3.63) is 187 Å². The average molecular weight is 760 g/mol. The van der Waals surface area contributed by atoms with E-state index in [1.165, 1.54) is 38.4 Å². The summed E-state index contributed by atoms with van der Waals surface area (Å²) in [5.74, 6) is 2.34. The topological polar surface area (TPSA) is 49.3 Å². The first-order valence-electron chi connectivity index (χ1n) is 20.1. The Labute approximate surface area is 339 Å². The van der Waals surface area contributed by atoms with Gasteiger partial charge >= 0.3 is 0 Å². The fourth-order valence-corrected chi connectivity index (χ4v) is 9.76. The maximum absolute atomic E-state index is 6.83. The zero-order chi connectivity index (χ0) is 39.4. The molecule has 5 heterocycles. The van der Waals surface area contributed by atoms with E-state index in [9.17, 15) is 0 Å². The van der Waals surface area contributed by atoms with Gasteiger partial charge < -0.3 is 9.30 Å². The van der Waals surface area contributed by atoms with Crippen molar-refractivity contribution in [3.63, 3.8) is 0 Å². The Morgan fingerprint density at radius 1 is 0.475 bits per heavy atom. The van der Waals surface area contributed by atoms with Crippen LogP contribution in [-0.4, -0.2) is 23.5 Å². The number of ether oxygens (including phenoxy) is 1. The molecule has 0 spiro atoms. The van der Waals surface area contributed by atoms with Crippen molar-refractivity contribution >= 4 is 70.9 Å². The van der Waals surface area contributed by atoms with Crippen LogP contribution in [0.1, 0.15) is 16.7 Å². The van der Waals surface area contributed by atoms with E-state index in [4.69, 9.17) is 14.7 Å². The number of para-hydroxylation sites is 3. The summed E-state index contributed by atoms with van der Waals surface area (Å²) in [5.41, 5.74) is 13.7. The SMILES string of the molecule is Cc1cc(C)c(-c2cnc3c4cc(Oc5ccc6c7ccc8c(c9ccccc9n8-c8ccccc8)c7n(-c7ccccn7)c6c5)ccc4c4ccccc4n23)c(C)c1. The van der Waals surface area contributed by atoms with Crippen LogP contribution >= 0.6 is 0 Å². The van der Waals surface area contributed by atoms with Gasteiger partial charge in [0.25, 0.3) is 0 Å². The van der Waals surface area contributed by atoms with Crippen molar-refractivity contribution in [2.75, 3.05) is 0 Å². The zero-order valence-corrected chi connectivity index (χ0v) is 32.8. The van der Waals surface area contributed by atoms with Gasteiger partial charge in [-0.1, -0.05) is 84.4 Å². The molecule has 12 rings (SSSR count). The van der Waals surface area contributed by atoms with E-state index in [2.05, 4.69) is 186 Å². The van der Waals surface area contributed by atoms with Crippen LogP contribution in [0.4, 0.5) is 0 Å². The van der Waals surface area contributed by atoms with Crippen LogP contribution in [0.3, 0.4) is 0 Å². The fourth-order valence-electron chi connectivity index (χ4n) is 9.76. The minimum Gasteiger partial charge on any atom is -0.457 e. The number of nitrogens with zero attached hydrogens (tertiary/aromatic N) is 5. The van der Waals surface area contributed by atoms with Crippen LogP contribution < -0.4 is 4.74 Å². The van der Waals surface area contributed by atoms with Gasteiger partial charge in [0.2, 0.25) is 0 Å². The van der Waals surface area contributed by atoms with Crippen molar-refractivity contribution in [2.45, 2.75) is 20.8 Å². The standard InChI is InChI=1S/C53H37N5O/c1-32-27-33(2)50(34(3)28-32)48-31-55-53-43-29-36(20-22-38(43)39-15-7-9-17-44(39)57(48)53)59-37-21-23-40-41-24-25-46-51(52(41)58(47(40)30-37)49-19-11-12-26-54-49)42-16-8-10-18-45(42)56(46)35-13-5-4-6-14-35/h4-31H,1-3H3. The van der Waals surface area contributed by atoms with Gasteiger partial charge in [0.1, 0.15) is 23.0 Å². The molecule has 6 nitrogen and oxygen atoms in total. The minimum atomic E-state index is 0.742. The third kappa shape index (κ3) is 4.93. The van der Waals surface area contributed by atoms with Gasteiger partial charge in [-0.25, -0.2) is 9.97 Å². The molecule has 0 fully saturated rings. The van der Waals surface area contributed by atoms with Crippen molar-refractivity contribution in [3.8, 4) is 34.3 Å². The van der Waals surface area contributed by atoms with Crippen molar-refractivity contribution in [1.29, 1.82) is 0 Å². The Kier molecular flexibility index (Phi) is 7.17. The Hall–Kier alpha value is -7.70. The lowest BCUT2D eigenvalue weighted by atomic mass is 9.97. The summed E-state index contributed by atoms with van der Waals surface area (Å²) in [6.07, 6.45) is 3.89. The number of rotatable bonds is 5. The third-order valence-corrected chi connectivity index (χ3v) is 12.0. The van der Waals surface area contributed by atoms with Crippen LogP contribution in [0.5, 0.6) is 11.5 Å². The first-order valence-corrected chi connectivity index (χ1v) is 20.1. The monoisotopic (exact) mass is 759 g/mol. The number of pyridine rings is 2. The first-order chi connectivity index (χ1) is 29.0. The van der Waals surface area contributed by atoms with Gasteiger partial charge in [-0.3, -0.25) is 8.97 Å². The molecule has 5 aromatic heterocycles. The molecule has 0 aliphatic heterocycles. The Bertz CT molecular complexity index is 3650. The molecule has 6 heteroatoms. The smallest absolute Gasteiger partial charge is 0.145 e. The number of hydrogen-bond donors (Lipinski definition) is 0. The summed E-state index contributed by atoms with van der Waals surface area (Å²) >= 11 is 0. The van der Waals surface area contributed by atoms with Gasteiger partial charge in [-0.2, -0.15) is 0 Å². The van der Waals surface area contributed by atoms with Crippen LogP contribution in [0, 0.1) is 20.8 Å². The maximum Gasteiger partial charge on any atom is 0.145 e. The van der Waals surface area contributed by atoms with Gasteiger partial charge in [-0.05, 0) is 110 Å². The second-order valence-electron chi connectivity index (χ2n) is 15.6. The lowest BCUT2D eigenvalue weighted by molar-refractivity contribution is 0.484. The largest absolute Gasteiger partial charge is 0.457 e. The Morgan fingerprint density at radius 2 is 1.15 bits per heavy atom. The zero-order valence-electron chi connectivity index (χ0n) is 32.8. The second-order valence-corrected chi connectivity index (χ2v) is 15.6. The van der Waals surface area contributed by atoms with E-state index in [-0.39, 0.29) is 0 Å². The highest BCUT2D eigenvalue weighted by Crippen LogP contribution is 2.43. The van der Waals surface area contributed by atoms with Crippen LogP contribution in [-0.2, 0) is 0 Å². The van der Waals surface area contributed by atoms with Crippen LogP contribution in [0.25, 0.3) is 93.7 Å². The van der Waals surface area contributed by atoms with Crippen LogP contribution in [0.2, 0.25) is 0 Å². The molecule has 0 saturated carbocycles. The van der Waals surface area contributed by atoms with E-state index in [1.54, 1.807) is 0 Å². The molecular weight excluding hydrogens is 723 g/mol. The van der Waals surface area contributed by atoms with E-state index >= 15 is 0 Å². The van der Waals surface area contributed by atoms with Crippen LogP contribution in [0.15, 0.2) is 170 Å². The summed E-state index contributed by atoms with van der Waals surface area (Å²) in [6.45, 7) is 6.54. The van der Waals surface area contributed by atoms with Gasteiger partial charge in [0.15, 0.2) is 0 Å². The molecule has 0 unspecified atom stereocenters. The summed E-state index contributed by atoms with van der Waals surface area (Å²) in [6, 6.07) is 55.9. The normalized spacial score (nSPS) is 12.0. The summed E-state index contributed by atoms with van der Waals surface area (Å²) in [4.78, 5) is 10.0. The number of aryl methyl sites for hydroxylation is 3. The lowest BCUT2D eigenvalue weighted by Gasteiger charge is -2.15. The number of aromatic nitrogens is 5.